The van der Waals surface area contributed by atoms with Crippen LogP contribution < -0.4 is 24.8 Å². The molecule has 0 bridgehead atoms. The molecule has 0 heterocycles. The van der Waals surface area contributed by atoms with Gasteiger partial charge in [-0.2, -0.15) is 0 Å². The van der Waals surface area contributed by atoms with Gasteiger partial charge in [0.15, 0.2) is 17.5 Å². The fourth-order valence-corrected chi connectivity index (χ4v) is 2.64. The van der Waals surface area contributed by atoms with Crippen molar-refractivity contribution < 1.29 is 14.2 Å². The molecule has 0 saturated carbocycles. The second kappa shape index (κ2) is 12.6. The third-order valence-electron chi connectivity index (χ3n) is 3.91. The van der Waals surface area contributed by atoms with Crippen LogP contribution in [0.1, 0.15) is 18.1 Å². The van der Waals surface area contributed by atoms with Crippen LogP contribution in [0, 0.1) is 0 Å². The van der Waals surface area contributed by atoms with Crippen molar-refractivity contribution in [1.29, 1.82) is 0 Å². The second-order valence-electron chi connectivity index (χ2n) is 5.69. The van der Waals surface area contributed by atoms with Gasteiger partial charge in [0, 0.05) is 29.7 Å². The number of nitrogens with zero attached hydrogens (tertiary/aromatic N) is 1. The normalized spacial score (nSPS) is 10.7. The minimum absolute atomic E-state index is 0. The van der Waals surface area contributed by atoms with Gasteiger partial charge in [-0.25, -0.2) is 4.99 Å². The Labute approximate surface area is 188 Å². The number of rotatable bonds is 8. The van der Waals surface area contributed by atoms with E-state index >= 15 is 0 Å². The highest BCUT2D eigenvalue weighted by Crippen LogP contribution is 2.34. The third kappa shape index (κ3) is 6.94. The summed E-state index contributed by atoms with van der Waals surface area (Å²) in [5, 5.41) is 7.27. The summed E-state index contributed by atoms with van der Waals surface area (Å²) in [6.07, 6.45) is 0. The van der Waals surface area contributed by atoms with E-state index in [9.17, 15) is 0 Å². The van der Waals surface area contributed by atoms with Gasteiger partial charge in [0.05, 0.1) is 27.9 Å². The molecule has 0 spiro atoms. The molecule has 0 aliphatic rings. The first-order valence-corrected chi connectivity index (χ1v) is 9.04. The lowest BCUT2D eigenvalue weighted by molar-refractivity contribution is 0.347. The molecule has 2 N–H and O–H groups in total. The van der Waals surface area contributed by atoms with Gasteiger partial charge in [0.1, 0.15) is 5.75 Å². The number of aliphatic imine (C=N–C) groups is 1. The van der Waals surface area contributed by atoms with Crippen LogP contribution >= 0.6 is 35.6 Å². The number of ether oxygens (including phenoxy) is 3. The average Bonchev–Trinajstić information content (AvgIpc) is 2.70. The molecule has 8 heteroatoms. The molecule has 0 unspecified atom stereocenters. The largest absolute Gasteiger partial charge is 0.496 e. The zero-order valence-electron chi connectivity index (χ0n) is 16.5. The van der Waals surface area contributed by atoms with Crippen molar-refractivity contribution >= 4 is 41.5 Å². The molecule has 0 aromatic heterocycles. The molecule has 2 aromatic rings. The lowest BCUT2D eigenvalue weighted by Gasteiger charge is -2.16. The zero-order chi connectivity index (χ0) is 19.6. The maximum absolute atomic E-state index is 5.92. The van der Waals surface area contributed by atoms with Crippen LogP contribution in [0.5, 0.6) is 17.2 Å². The fourth-order valence-electron chi connectivity index (χ4n) is 2.51. The van der Waals surface area contributed by atoms with Crippen molar-refractivity contribution in [3.63, 3.8) is 0 Å². The van der Waals surface area contributed by atoms with E-state index in [1.807, 2.05) is 43.3 Å². The topological polar surface area (TPSA) is 64.1 Å². The Bertz CT molecular complexity index is 770. The van der Waals surface area contributed by atoms with Crippen LogP contribution in [-0.2, 0) is 13.1 Å². The molecule has 0 atom stereocenters. The first kappa shape index (κ1) is 24.2. The Kier molecular flexibility index (Phi) is 10.8. The van der Waals surface area contributed by atoms with E-state index in [0.29, 0.717) is 41.3 Å². The standard InChI is InChI=1S/C20H26ClN3O3.HI/c1-5-22-20(23-12-14-6-8-16(21)9-7-14)24-13-15-10-18(26-3)19(27-4)11-17(15)25-2;/h6-11H,5,12-13H2,1-4H3,(H2,22,23,24);1H. The van der Waals surface area contributed by atoms with Crippen LogP contribution in [0.3, 0.4) is 0 Å². The van der Waals surface area contributed by atoms with E-state index in [4.69, 9.17) is 25.8 Å². The molecule has 28 heavy (non-hydrogen) atoms. The van der Waals surface area contributed by atoms with Crippen molar-refractivity contribution in [3.8, 4) is 17.2 Å². The molecule has 0 saturated heterocycles. The number of hydrogen-bond donors (Lipinski definition) is 2. The Balaban J connectivity index is 0.00000392. The van der Waals surface area contributed by atoms with Crippen LogP contribution in [0.2, 0.25) is 5.02 Å². The van der Waals surface area contributed by atoms with E-state index in [1.165, 1.54) is 0 Å². The second-order valence-corrected chi connectivity index (χ2v) is 6.13. The number of guanidine groups is 1. The van der Waals surface area contributed by atoms with Crippen LogP contribution in [0.25, 0.3) is 0 Å². The number of halogens is 2. The summed E-state index contributed by atoms with van der Waals surface area (Å²) in [5.74, 6) is 2.71. The number of hydrogen-bond acceptors (Lipinski definition) is 4. The lowest BCUT2D eigenvalue weighted by Crippen LogP contribution is -2.36. The summed E-state index contributed by atoms with van der Waals surface area (Å²) in [5.41, 5.74) is 2.02. The number of benzene rings is 2. The summed E-state index contributed by atoms with van der Waals surface area (Å²) in [6.45, 7) is 3.86. The molecule has 2 rings (SSSR count). The Hall–Kier alpha value is -1.87. The number of nitrogens with one attached hydrogen (secondary N) is 2. The third-order valence-corrected chi connectivity index (χ3v) is 4.16. The van der Waals surface area contributed by atoms with Crippen LogP contribution in [-0.4, -0.2) is 33.8 Å². The molecule has 6 nitrogen and oxygen atoms in total. The van der Waals surface area contributed by atoms with Gasteiger partial charge >= 0.3 is 0 Å². The summed E-state index contributed by atoms with van der Waals surface area (Å²) in [6, 6.07) is 11.4. The van der Waals surface area contributed by atoms with Crippen molar-refractivity contribution in [1.82, 2.24) is 10.6 Å². The van der Waals surface area contributed by atoms with Crippen molar-refractivity contribution in [2.75, 3.05) is 27.9 Å². The van der Waals surface area contributed by atoms with Gasteiger partial charge in [-0.1, -0.05) is 23.7 Å². The molecule has 0 amide bonds. The molecule has 0 aliphatic carbocycles. The summed E-state index contributed by atoms with van der Waals surface area (Å²) < 4.78 is 16.2. The molecule has 2 aromatic carbocycles. The smallest absolute Gasteiger partial charge is 0.191 e. The predicted molar refractivity (Wildman–Crippen MR) is 125 cm³/mol. The highest BCUT2D eigenvalue weighted by molar-refractivity contribution is 14.0. The molecule has 154 valence electrons. The summed E-state index contributed by atoms with van der Waals surface area (Å²) in [4.78, 5) is 4.61. The van der Waals surface area contributed by atoms with Gasteiger partial charge in [-0.3, -0.25) is 0 Å². The highest BCUT2D eigenvalue weighted by Gasteiger charge is 2.12. The SMILES string of the molecule is CCNC(=NCc1ccc(Cl)cc1)NCc1cc(OC)c(OC)cc1OC.I. The monoisotopic (exact) mass is 519 g/mol. The van der Waals surface area contributed by atoms with Gasteiger partial charge in [0.25, 0.3) is 0 Å². The summed E-state index contributed by atoms with van der Waals surface area (Å²) in [7, 11) is 4.84. The lowest BCUT2D eigenvalue weighted by atomic mass is 10.1. The van der Waals surface area contributed by atoms with Gasteiger partial charge in [-0.15, -0.1) is 24.0 Å². The minimum Gasteiger partial charge on any atom is -0.496 e. The van der Waals surface area contributed by atoms with Crippen LogP contribution in [0.4, 0.5) is 0 Å². The van der Waals surface area contributed by atoms with E-state index in [-0.39, 0.29) is 24.0 Å². The van der Waals surface area contributed by atoms with Crippen LogP contribution in [0.15, 0.2) is 41.4 Å². The van der Waals surface area contributed by atoms with Crippen molar-refractivity contribution in [2.45, 2.75) is 20.0 Å². The quantitative estimate of drug-likeness (QED) is 0.310. The minimum atomic E-state index is 0. The van der Waals surface area contributed by atoms with E-state index in [2.05, 4.69) is 15.6 Å². The first-order valence-electron chi connectivity index (χ1n) is 8.66. The van der Waals surface area contributed by atoms with E-state index < -0.39 is 0 Å². The van der Waals surface area contributed by atoms with E-state index in [0.717, 1.165) is 17.7 Å². The first-order chi connectivity index (χ1) is 13.1. The molecular formula is C20H27ClIN3O3. The molecule has 0 fully saturated rings. The molecular weight excluding hydrogens is 493 g/mol. The maximum atomic E-state index is 5.92. The predicted octanol–water partition coefficient (Wildman–Crippen LogP) is 4.24. The van der Waals surface area contributed by atoms with E-state index in [1.54, 1.807) is 21.3 Å². The number of methoxy groups -OCH3 is 3. The fraction of sp³-hybridized carbons (Fsp3) is 0.350. The Morgan fingerprint density at radius 2 is 1.54 bits per heavy atom. The van der Waals surface area contributed by atoms with Crippen molar-refractivity contribution in [3.05, 3.63) is 52.5 Å². The maximum Gasteiger partial charge on any atom is 0.191 e. The highest BCUT2D eigenvalue weighted by atomic mass is 127. The van der Waals surface area contributed by atoms with Gasteiger partial charge in [-0.05, 0) is 30.7 Å². The Morgan fingerprint density at radius 1 is 0.929 bits per heavy atom. The van der Waals surface area contributed by atoms with Crippen molar-refractivity contribution in [2.24, 2.45) is 4.99 Å². The zero-order valence-corrected chi connectivity index (χ0v) is 19.6. The average molecular weight is 520 g/mol. The van der Waals surface area contributed by atoms with Gasteiger partial charge in [0.2, 0.25) is 0 Å². The molecule has 0 radical (unpaired) electrons. The summed E-state index contributed by atoms with van der Waals surface area (Å²) >= 11 is 5.92. The molecule has 0 aliphatic heterocycles. The van der Waals surface area contributed by atoms with Gasteiger partial charge < -0.3 is 24.8 Å². The Morgan fingerprint density at radius 3 is 2.11 bits per heavy atom.